The predicted octanol–water partition coefficient (Wildman–Crippen LogP) is 4.81. The van der Waals surface area contributed by atoms with Gasteiger partial charge in [0.15, 0.2) is 0 Å². The Kier molecular flexibility index (Phi) is 2.41. The molecule has 0 amide bonds. The van der Waals surface area contributed by atoms with E-state index in [1.807, 2.05) is 0 Å². The number of allylic oxidation sites excluding steroid dienone is 4. The lowest BCUT2D eigenvalue weighted by molar-refractivity contribution is 1.11. The van der Waals surface area contributed by atoms with E-state index < -0.39 is 0 Å². The largest absolute Gasteiger partial charge is 0.0732 e. The number of benzene rings is 2. The van der Waals surface area contributed by atoms with Crippen molar-refractivity contribution in [3.8, 4) is 0 Å². The molecule has 3 rings (SSSR count). The first kappa shape index (κ1) is 9.86. The van der Waals surface area contributed by atoms with Gasteiger partial charge in [-0.2, -0.15) is 0 Å². The quantitative estimate of drug-likeness (QED) is 0.698. The Morgan fingerprint density at radius 1 is 0.875 bits per heavy atom. The summed E-state index contributed by atoms with van der Waals surface area (Å²) in [5, 5.41) is 2.63. The highest BCUT2D eigenvalue weighted by molar-refractivity contribution is 9.10. The third-order valence-electron chi connectivity index (χ3n) is 3.00. The second kappa shape index (κ2) is 3.91. The van der Waals surface area contributed by atoms with Gasteiger partial charge in [-0.1, -0.05) is 70.6 Å². The fourth-order valence-corrected chi connectivity index (χ4v) is 2.84. The Labute approximate surface area is 103 Å². The summed E-state index contributed by atoms with van der Waals surface area (Å²) in [6, 6.07) is 12.8. The fraction of sp³-hybridized carbons (Fsp3) is 0.0667. The highest BCUT2D eigenvalue weighted by Crippen LogP contribution is 2.35. The van der Waals surface area contributed by atoms with Crippen molar-refractivity contribution < 1.29 is 0 Å². The van der Waals surface area contributed by atoms with Crippen molar-refractivity contribution in [2.45, 2.75) is 5.92 Å². The van der Waals surface area contributed by atoms with Crippen LogP contribution in [0.25, 0.3) is 10.8 Å². The molecule has 78 valence electrons. The first-order valence-electron chi connectivity index (χ1n) is 5.38. The van der Waals surface area contributed by atoms with E-state index in [1.165, 1.54) is 20.8 Å². The molecule has 0 spiro atoms. The van der Waals surface area contributed by atoms with E-state index >= 15 is 0 Å². The van der Waals surface area contributed by atoms with Crippen molar-refractivity contribution in [2.75, 3.05) is 0 Å². The topological polar surface area (TPSA) is 0 Å². The summed E-state index contributed by atoms with van der Waals surface area (Å²) in [5.74, 6) is 0.403. The summed E-state index contributed by atoms with van der Waals surface area (Å²) in [4.78, 5) is 0. The highest BCUT2D eigenvalue weighted by Gasteiger charge is 2.13. The molecule has 0 aromatic heterocycles. The Hall–Kier alpha value is -1.34. The van der Waals surface area contributed by atoms with Gasteiger partial charge in [0.1, 0.15) is 0 Å². The number of hydrogen-bond donors (Lipinski definition) is 0. The third kappa shape index (κ3) is 1.52. The molecule has 0 nitrogen and oxygen atoms in total. The Bertz CT molecular complexity index is 581. The summed E-state index contributed by atoms with van der Waals surface area (Å²) in [5.41, 5.74) is 1.36. The smallest absolute Gasteiger partial charge is 0.0222 e. The average molecular weight is 271 g/mol. The van der Waals surface area contributed by atoms with E-state index in [1.54, 1.807) is 0 Å². The van der Waals surface area contributed by atoms with Crippen molar-refractivity contribution in [1.82, 2.24) is 0 Å². The summed E-state index contributed by atoms with van der Waals surface area (Å²) in [6.45, 7) is 0. The van der Waals surface area contributed by atoms with E-state index in [2.05, 4.69) is 76.6 Å². The molecule has 0 N–H and O–H groups in total. The van der Waals surface area contributed by atoms with Crippen molar-refractivity contribution in [2.24, 2.45) is 0 Å². The van der Waals surface area contributed by atoms with E-state index in [9.17, 15) is 0 Å². The average Bonchev–Trinajstić information content (AvgIpc) is 2.82. The number of halogens is 1. The molecule has 16 heavy (non-hydrogen) atoms. The van der Waals surface area contributed by atoms with Crippen LogP contribution in [0.3, 0.4) is 0 Å². The monoisotopic (exact) mass is 270 g/mol. The lowest BCUT2D eigenvalue weighted by atomic mass is 9.94. The molecule has 1 aliphatic carbocycles. The maximum atomic E-state index is 3.66. The molecule has 0 saturated carbocycles. The minimum absolute atomic E-state index is 0.403. The lowest BCUT2D eigenvalue weighted by Gasteiger charge is -2.12. The molecule has 0 saturated heterocycles. The van der Waals surface area contributed by atoms with Gasteiger partial charge in [-0.25, -0.2) is 0 Å². The van der Waals surface area contributed by atoms with Crippen LogP contribution >= 0.6 is 15.9 Å². The normalized spacial score (nSPS) is 15.1. The van der Waals surface area contributed by atoms with E-state index in [0.29, 0.717) is 5.92 Å². The minimum atomic E-state index is 0.403. The van der Waals surface area contributed by atoms with Gasteiger partial charge in [0, 0.05) is 10.4 Å². The molecular weight excluding hydrogens is 260 g/mol. The molecule has 1 aliphatic rings. The minimum Gasteiger partial charge on any atom is -0.0732 e. The van der Waals surface area contributed by atoms with Crippen LogP contribution in [-0.4, -0.2) is 0 Å². The molecule has 2 aromatic carbocycles. The molecule has 0 unspecified atom stereocenters. The van der Waals surface area contributed by atoms with Gasteiger partial charge < -0.3 is 0 Å². The second-order valence-electron chi connectivity index (χ2n) is 3.98. The maximum absolute atomic E-state index is 3.66. The summed E-state index contributed by atoms with van der Waals surface area (Å²) in [6.07, 6.45) is 8.68. The Morgan fingerprint density at radius 3 is 2.44 bits per heavy atom. The van der Waals surface area contributed by atoms with Gasteiger partial charge in [0.05, 0.1) is 0 Å². The van der Waals surface area contributed by atoms with Crippen LogP contribution in [0.1, 0.15) is 11.5 Å². The SMILES string of the molecule is Brc1ccc2ccccc2c1C1C=CC=C1. The second-order valence-corrected chi connectivity index (χ2v) is 4.83. The summed E-state index contributed by atoms with van der Waals surface area (Å²) in [7, 11) is 0. The van der Waals surface area contributed by atoms with Crippen LogP contribution in [0.4, 0.5) is 0 Å². The molecule has 0 fully saturated rings. The lowest BCUT2D eigenvalue weighted by Crippen LogP contribution is -1.92. The van der Waals surface area contributed by atoms with Crippen LogP contribution in [0.5, 0.6) is 0 Å². The van der Waals surface area contributed by atoms with E-state index in [-0.39, 0.29) is 0 Å². The number of hydrogen-bond acceptors (Lipinski definition) is 0. The summed E-state index contributed by atoms with van der Waals surface area (Å²) >= 11 is 3.66. The fourth-order valence-electron chi connectivity index (χ4n) is 2.23. The van der Waals surface area contributed by atoms with Gasteiger partial charge in [-0.05, 0) is 22.4 Å². The standard InChI is InChI=1S/C15H11Br/c16-14-10-9-11-5-3-4-8-13(11)15(14)12-6-1-2-7-12/h1-10,12H. The highest BCUT2D eigenvalue weighted by atomic mass is 79.9. The summed E-state index contributed by atoms with van der Waals surface area (Å²) < 4.78 is 1.19. The van der Waals surface area contributed by atoms with Gasteiger partial charge in [-0.15, -0.1) is 0 Å². The molecule has 0 atom stereocenters. The zero-order chi connectivity index (χ0) is 11.0. The first-order chi connectivity index (χ1) is 7.86. The molecule has 2 aromatic rings. The first-order valence-corrected chi connectivity index (χ1v) is 6.18. The van der Waals surface area contributed by atoms with Gasteiger partial charge in [0.2, 0.25) is 0 Å². The van der Waals surface area contributed by atoms with Crippen LogP contribution in [-0.2, 0) is 0 Å². The van der Waals surface area contributed by atoms with Gasteiger partial charge in [0.25, 0.3) is 0 Å². The van der Waals surface area contributed by atoms with Crippen LogP contribution in [0.2, 0.25) is 0 Å². The molecule has 1 heteroatoms. The Morgan fingerprint density at radius 2 is 1.62 bits per heavy atom. The van der Waals surface area contributed by atoms with Gasteiger partial charge >= 0.3 is 0 Å². The number of fused-ring (bicyclic) bond motifs is 1. The maximum Gasteiger partial charge on any atom is 0.0222 e. The van der Waals surface area contributed by atoms with Crippen LogP contribution in [0.15, 0.2) is 65.2 Å². The predicted molar refractivity (Wildman–Crippen MR) is 72.7 cm³/mol. The zero-order valence-corrected chi connectivity index (χ0v) is 10.3. The van der Waals surface area contributed by atoms with Crippen molar-refractivity contribution in [1.29, 1.82) is 0 Å². The molecule has 0 aliphatic heterocycles. The number of rotatable bonds is 1. The van der Waals surface area contributed by atoms with E-state index in [0.717, 1.165) is 0 Å². The van der Waals surface area contributed by atoms with E-state index in [4.69, 9.17) is 0 Å². The van der Waals surface area contributed by atoms with Gasteiger partial charge in [-0.3, -0.25) is 0 Å². The van der Waals surface area contributed by atoms with Crippen molar-refractivity contribution in [3.05, 3.63) is 70.7 Å². The molecule has 0 radical (unpaired) electrons. The van der Waals surface area contributed by atoms with Crippen LogP contribution < -0.4 is 0 Å². The van der Waals surface area contributed by atoms with Crippen LogP contribution in [0, 0.1) is 0 Å². The molecule has 0 bridgehead atoms. The molecule has 0 heterocycles. The third-order valence-corrected chi connectivity index (χ3v) is 3.69. The van der Waals surface area contributed by atoms with Crippen molar-refractivity contribution in [3.63, 3.8) is 0 Å². The zero-order valence-electron chi connectivity index (χ0n) is 8.73. The van der Waals surface area contributed by atoms with Crippen molar-refractivity contribution >= 4 is 26.7 Å². The Balaban J connectivity index is 2.32. The molecular formula is C15H11Br.